The summed E-state index contributed by atoms with van der Waals surface area (Å²) in [4.78, 5) is 0. The summed E-state index contributed by atoms with van der Waals surface area (Å²) in [5.74, 6) is 0.318. The fourth-order valence-electron chi connectivity index (χ4n) is 2.03. The Labute approximate surface area is 113 Å². The van der Waals surface area contributed by atoms with E-state index in [9.17, 15) is 13.5 Å². The van der Waals surface area contributed by atoms with Crippen LogP contribution in [0.1, 0.15) is 19.3 Å². The second-order valence-corrected chi connectivity index (χ2v) is 6.12. The predicted molar refractivity (Wildman–Crippen MR) is 72.6 cm³/mol. The lowest BCUT2D eigenvalue weighted by atomic mass is 10.2. The first-order valence-electron chi connectivity index (χ1n) is 6.18. The number of hydrogen-bond acceptors (Lipinski definition) is 4. The van der Waals surface area contributed by atoms with Crippen LogP contribution in [0, 0.1) is 0 Å². The quantitative estimate of drug-likeness (QED) is 0.823. The van der Waals surface area contributed by atoms with Crippen LogP contribution in [0.5, 0.6) is 11.5 Å². The van der Waals surface area contributed by atoms with E-state index in [1.54, 1.807) is 6.07 Å². The maximum absolute atomic E-state index is 12.1. The lowest BCUT2D eigenvalue weighted by molar-refractivity contribution is 0.349. The van der Waals surface area contributed by atoms with Crippen molar-refractivity contribution in [2.75, 3.05) is 24.9 Å². The van der Waals surface area contributed by atoms with Gasteiger partial charge in [0.1, 0.15) is 11.5 Å². The third-order valence-corrected chi connectivity index (χ3v) is 4.62. The van der Waals surface area contributed by atoms with Gasteiger partial charge in [-0.3, -0.25) is 4.72 Å². The van der Waals surface area contributed by atoms with Crippen molar-refractivity contribution in [2.24, 2.45) is 0 Å². The zero-order chi connectivity index (χ0) is 13.9. The van der Waals surface area contributed by atoms with E-state index < -0.39 is 10.2 Å². The molecule has 0 saturated carbocycles. The Balaban J connectivity index is 2.15. The number of rotatable bonds is 4. The van der Waals surface area contributed by atoms with Gasteiger partial charge >= 0.3 is 10.2 Å². The van der Waals surface area contributed by atoms with Gasteiger partial charge < -0.3 is 9.84 Å². The molecule has 1 fully saturated rings. The molecule has 1 aromatic rings. The van der Waals surface area contributed by atoms with E-state index in [1.165, 1.54) is 23.5 Å². The molecule has 0 bridgehead atoms. The molecular formula is C12H18N2O4S. The number of nitrogens with zero attached hydrogens (tertiary/aromatic N) is 1. The minimum Gasteiger partial charge on any atom is -0.506 e. The number of piperidine rings is 1. The Morgan fingerprint density at radius 1 is 1.26 bits per heavy atom. The number of anilines is 1. The normalized spacial score (nSPS) is 17.1. The third-order valence-electron chi connectivity index (χ3n) is 3.10. The summed E-state index contributed by atoms with van der Waals surface area (Å²) in [5, 5.41) is 9.76. The molecule has 1 aromatic carbocycles. The number of phenolic OH excluding ortho intramolecular Hbond substituents is 1. The van der Waals surface area contributed by atoms with Gasteiger partial charge in [-0.2, -0.15) is 12.7 Å². The highest BCUT2D eigenvalue weighted by molar-refractivity contribution is 7.90. The summed E-state index contributed by atoms with van der Waals surface area (Å²) in [6.45, 7) is 1.04. The molecule has 1 aliphatic rings. The molecule has 2 rings (SSSR count). The summed E-state index contributed by atoms with van der Waals surface area (Å²) in [6, 6.07) is 4.44. The summed E-state index contributed by atoms with van der Waals surface area (Å²) in [6.07, 6.45) is 2.80. The van der Waals surface area contributed by atoms with Crippen molar-refractivity contribution in [2.45, 2.75) is 19.3 Å². The van der Waals surface area contributed by atoms with Crippen LogP contribution < -0.4 is 9.46 Å². The van der Waals surface area contributed by atoms with Gasteiger partial charge in [-0.1, -0.05) is 6.42 Å². The summed E-state index contributed by atoms with van der Waals surface area (Å²) in [5.41, 5.74) is 0.159. The number of aromatic hydroxyl groups is 1. The van der Waals surface area contributed by atoms with E-state index in [0.29, 0.717) is 18.8 Å². The van der Waals surface area contributed by atoms with Crippen molar-refractivity contribution < 1.29 is 18.3 Å². The second-order valence-electron chi connectivity index (χ2n) is 4.45. The van der Waals surface area contributed by atoms with Crippen LogP contribution >= 0.6 is 0 Å². The molecule has 0 amide bonds. The molecule has 19 heavy (non-hydrogen) atoms. The number of benzene rings is 1. The second kappa shape index (κ2) is 5.66. The minimum atomic E-state index is -3.60. The Hall–Kier alpha value is -1.47. The van der Waals surface area contributed by atoms with E-state index >= 15 is 0 Å². The van der Waals surface area contributed by atoms with E-state index in [4.69, 9.17) is 4.74 Å². The van der Waals surface area contributed by atoms with Crippen LogP contribution in [0.3, 0.4) is 0 Å². The van der Waals surface area contributed by atoms with Gasteiger partial charge in [-0.15, -0.1) is 0 Å². The average molecular weight is 286 g/mol. The highest BCUT2D eigenvalue weighted by Crippen LogP contribution is 2.29. The van der Waals surface area contributed by atoms with E-state index in [2.05, 4.69) is 4.72 Å². The number of nitrogens with one attached hydrogen (secondary N) is 1. The first kappa shape index (κ1) is 14.0. The van der Waals surface area contributed by atoms with Crippen molar-refractivity contribution in [1.82, 2.24) is 4.31 Å². The highest BCUT2D eigenvalue weighted by atomic mass is 32.2. The topological polar surface area (TPSA) is 78.9 Å². The lowest BCUT2D eigenvalue weighted by Crippen LogP contribution is -2.39. The molecule has 0 atom stereocenters. The standard InChI is InChI=1S/C12H18N2O4S/c1-18-10-5-6-11(12(15)9-10)13-19(16,17)14-7-3-2-4-8-14/h5-6,9,13,15H,2-4,7-8H2,1H3. The molecule has 2 N–H and O–H groups in total. The molecule has 0 radical (unpaired) electrons. The maximum atomic E-state index is 12.1. The minimum absolute atomic E-state index is 0.153. The molecule has 1 aliphatic heterocycles. The van der Waals surface area contributed by atoms with Crippen LogP contribution in [-0.4, -0.2) is 38.0 Å². The Morgan fingerprint density at radius 2 is 1.95 bits per heavy atom. The Bertz CT molecular complexity index is 539. The van der Waals surface area contributed by atoms with Gasteiger partial charge in [0.25, 0.3) is 0 Å². The zero-order valence-corrected chi connectivity index (χ0v) is 11.6. The van der Waals surface area contributed by atoms with Gasteiger partial charge in [-0.05, 0) is 25.0 Å². The summed E-state index contributed by atoms with van der Waals surface area (Å²) >= 11 is 0. The SMILES string of the molecule is COc1ccc(NS(=O)(=O)N2CCCCC2)c(O)c1. The number of ether oxygens (including phenoxy) is 1. The number of methoxy groups -OCH3 is 1. The van der Waals surface area contributed by atoms with Crippen LogP contribution in [0.15, 0.2) is 18.2 Å². The molecule has 0 aromatic heterocycles. The first-order valence-corrected chi connectivity index (χ1v) is 7.62. The molecule has 1 saturated heterocycles. The van der Waals surface area contributed by atoms with Crippen LogP contribution in [0.2, 0.25) is 0 Å². The van der Waals surface area contributed by atoms with Crippen molar-refractivity contribution in [3.63, 3.8) is 0 Å². The Morgan fingerprint density at radius 3 is 2.53 bits per heavy atom. The molecule has 0 aliphatic carbocycles. The van der Waals surface area contributed by atoms with Crippen LogP contribution in [0.25, 0.3) is 0 Å². The smallest absolute Gasteiger partial charge is 0.301 e. The van der Waals surface area contributed by atoms with Crippen molar-refractivity contribution >= 4 is 15.9 Å². The highest BCUT2D eigenvalue weighted by Gasteiger charge is 2.24. The van der Waals surface area contributed by atoms with Crippen LogP contribution in [0.4, 0.5) is 5.69 Å². The van der Waals surface area contributed by atoms with E-state index in [1.807, 2.05) is 0 Å². The molecule has 6 nitrogen and oxygen atoms in total. The van der Waals surface area contributed by atoms with Gasteiger partial charge in [0.05, 0.1) is 12.8 Å². The Kier molecular flexibility index (Phi) is 4.16. The third kappa shape index (κ3) is 3.30. The van der Waals surface area contributed by atoms with Crippen molar-refractivity contribution in [3.05, 3.63) is 18.2 Å². The maximum Gasteiger partial charge on any atom is 0.301 e. The van der Waals surface area contributed by atoms with Gasteiger partial charge in [0, 0.05) is 19.2 Å². The lowest BCUT2D eigenvalue weighted by Gasteiger charge is -2.26. The van der Waals surface area contributed by atoms with Gasteiger partial charge in [0.2, 0.25) is 0 Å². The van der Waals surface area contributed by atoms with E-state index in [-0.39, 0.29) is 11.4 Å². The molecule has 1 heterocycles. The average Bonchev–Trinajstić information content (AvgIpc) is 2.42. The zero-order valence-electron chi connectivity index (χ0n) is 10.8. The summed E-state index contributed by atoms with van der Waals surface area (Å²) < 4.78 is 33.0. The molecule has 0 spiro atoms. The van der Waals surface area contributed by atoms with E-state index in [0.717, 1.165) is 19.3 Å². The van der Waals surface area contributed by atoms with Crippen LogP contribution in [-0.2, 0) is 10.2 Å². The summed E-state index contributed by atoms with van der Waals surface area (Å²) in [7, 11) is -2.12. The monoisotopic (exact) mass is 286 g/mol. The largest absolute Gasteiger partial charge is 0.506 e. The molecule has 7 heteroatoms. The van der Waals surface area contributed by atoms with Gasteiger partial charge in [-0.25, -0.2) is 0 Å². The molecule has 0 unspecified atom stereocenters. The van der Waals surface area contributed by atoms with Crippen molar-refractivity contribution in [3.8, 4) is 11.5 Å². The van der Waals surface area contributed by atoms with Gasteiger partial charge in [0.15, 0.2) is 0 Å². The fourth-order valence-corrected chi connectivity index (χ4v) is 3.35. The number of hydrogen-bond donors (Lipinski definition) is 2. The van der Waals surface area contributed by atoms with Crippen molar-refractivity contribution in [1.29, 1.82) is 0 Å². The molecule has 106 valence electrons. The first-order chi connectivity index (χ1) is 9.03. The number of phenols is 1. The predicted octanol–water partition coefficient (Wildman–Crippen LogP) is 1.54. The fraction of sp³-hybridized carbons (Fsp3) is 0.500. The molecular weight excluding hydrogens is 268 g/mol.